The van der Waals surface area contributed by atoms with Gasteiger partial charge in [0.2, 0.25) is 5.91 Å². The van der Waals surface area contributed by atoms with Gasteiger partial charge in [0.05, 0.1) is 17.0 Å². The van der Waals surface area contributed by atoms with Crippen LogP contribution in [0.25, 0.3) is 0 Å². The van der Waals surface area contributed by atoms with E-state index in [4.69, 9.17) is 14.7 Å². The van der Waals surface area contributed by atoms with E-state index >= 15 is 0 Å². The highest BCUT2D eigenvalue weighted by atomic mass is 19.4. The van der Waals surface area contributed by atoms with Gasteiger partial charge < -0.3 is 19.9 Å². The first kappa shape index (κ1) is 31.9. The Balaban J connectivity index is 1.54. The Bertz CT molecular complexity index is 1400. The number of aromatic nitrogens is 3. The second kappa shape index (κ2) is 12.5. The zero-order valence-electron chi connectivity index (χ0n) is 25.9. The van der Waals surface area contributed by atoms with Crippen molar-refractivity contribution in [1.29, 1.82) is 0 Å². The van der Waals surface area contributed by atoms with Gasteiger partial charge in [-0.25, -0.2) is 9.37 Å². The number of fused-ring (bicyclic) bond motifs is 1. The average molecular weight is 620 g/mol. The normalized spacial score (nSPS) is 26.0. The lowest BCUT2D eigenvalue weighted by atomic mass is 9.75. The predicted octanol–water partition coefficient (Wildman–Crippen LogP) is 4.40. The first-order valence-electron chi connectivity index (χ1n) is 15.1. The van der Waals surface area contributed by atoms with Crippen molar-refractivity contribution in [1.82, 2.24) is 24.8 Å². The van der Waals surface area contributed by atoms with Gasteiger partial charge in [-0.2, -0.15) is 23.1 Å². The van der Waals surface area contributed by atoms with Crippen molar-refractivity contribution >= 4 is 17.5 Å². The summed E-state index contributed by atoms with van der Waals surface area (Å²) in [5, 5.41) is 2.90. The minimum Gasteiger partial charge on any atom is -0.462 e. The molecule has 1 N–H and O–H groups in total. The van der Waals surface area contributed by atoms with E-state index in [0.29, 0.717) is 56.4 Å². The van der Waals surface area contributed by atoms with Crippen LogP contribution in [-0.4, -0.2) is 95.8 Å². The molecule has 2 saturated heterocycles. The van der Waals surface area contributed by atoms with Crippen LogP contribution in [0.1, 0.15) is 54.3 Å². The molecule has 0 saturated carbocycles. The van der Waals surface area contributed by atoms with Crippen LogP contribution in [0, 0.1) is 12.8 Å². The third kappa shape index (κ3) is 6.33. The number of aryl methyl sites for hydroxylation is 1. The van der Waals surface area contributed by atoms with Crippen molar-refractivity contribution in [3.8, 4) is 6.01 Å². The van der Waals surface area contributed by atoms with E-state index in [2.05, 4.69) is 21.8 Å². The SMILES string of the molecule is C=CC(=O)N1CCN(c2nc(OC[C@@H]3C[C@@H](F)CN3C)nc3c2C[C@@H](C)[C@H](c2nc(NC)cc(C)c2C(F)(F)F)C3)[C@@H](C)C1. The predicted molar refractivity (Wildman–Crippen MR) is 160 cm³/mol. The Labute approximate surface area is 255 Å². The summed E-state index contributed by atoms with van der Waals surface area (Å²) < 4.78 is 63.2. The zero-order valence-corrected chi connectivity index (χ0v) is 25.9. The van der Waals surface area contributed by atoms with E-state index in [-0.39, 0.29) is 54.2 Å². The number of hydrogen-bond acceptors (Lipinski definition) is 8. The number of carbonyl (C=O) groups excluding carboxylic acids is 1. The fourth-order valence-electron chi connectivity index (χ4n) is 6.86. The maximum absolute atomic E-state index is 14.4. The summed E-state index contributed by atoms with van der Waals surface area (Å²) in [6.07, 6.45) is -3.17. The lowest BCUT2D eigenvalue weighted by Crippen LogP contribution is -2.54. The number of rotatable bonds is 7. The number of likely N-dealkylation sites (tertiary alicyclic amines) is 1. The van der Waals surface area contributed by atoms with E-state index in [1.165, 1.54) is 19.1 Å². The van der Waals surface area contributed by atoms with E-state index in [1.54, 1.807) is 11.9 Å². The third-order valence-electron chi connectivity index (χ3n) is 9.24. The number of hydrogen-bond donors (Lipinski definition) is 1. The van der Waals surface area contributed by atoms with Crippen LogP contribution in [-0.2, 0) is 23.8 Å². The number of halogens is 4. The van der Waals surface area contributed by atoms with Crippen LogP contribution < -0.4 is 15.0 Å². The van der Waals surface area contributed by atoms with Gasteiger partial charge in [0.15, 0.2) is 0 Å². The number of alkyl halides is 4. The molecule has 1 aliphatic carbocycles. The number of ether oxygens (including phenoxy) is 1. The molecule has 2 aliphatic heterocycles. The molecule has 0 aromatic carbocycles. The summed E-state index contributed by atoms with van der Waals surface area (Å²) in [6.45, 7) is 11.0. The fraction of sp³-hybridized carbons (Fsp3) is 0.613. The Kier molecular flexibility index (Phi) is 9.06. The van der Waals surface area contributed by atoms with Gasteiger partial charge in [-0.3, -0.25) is 9.69 Å². The molecule has 44 heavy (non-hydrogen) atoms. The van der Waals surface area contributed by atoms with Gasteiger partial charge in [0.25, 0.3) is 0 Å². The number of carbonyl (C=O) groups is 1. The number of nitrogens with one attached hydrogen (secondary N) is 1. The molecule has 0 spiro atoms. The van der Waals surface area contributed by atoms with Crippen LogP contribution in [0.2, 0.25) is 0 Å². The molecule has 0 bridgehead atoms. The second-order valence-corrected chi connectivity index (χ2v) is 12.3. The lowest BCUT2D eigenvalue weighted by Gasteiger charge is -2.42. The number of nitrogens with zero attached hydrogens (tertiary/aromatic N) is 6. The second-order valence-electron chi connectivity index (χ2n) is 12.3. The monoisotopic (exact) mass is 619 g/mol. The highest BCUT2D eigenvalue weighted by molar-refractivity contribution is 5.87. The van der Waals surface area contributed by atoms with Crippen LogP contribution in [0.5, 0.6) is 6.01 Å². The molecule has 4 heterocycles. The van der Waals surface area contributed by atoms with E-state index in [9.17, 15) is 22.4 Å². The van der Waals surface area contributed by atoms with Gasteiger partial charge in [-0.1, -0.05) is 13.5 Å². The van der Waals surface area contributed by atoms with Crippen LogP contribution in [0.4, 0.5) is 29.2 Å². The van der Waals surface area contributed by atoms with Crippen molar-refractivity contribution < 1.29 is 27.1 Å². The largest absolute Gasteiger partial charge is 0.462 e. The summed E-state index contributed by atoms with van der Waals surface area (Å²) in [6, 6.07) is 1.30. The molecule has 1 amide bonds. The molecular weight excluding hydrogens is 578 g/mol. The summed E-state index contributed by atoms with van der Waals surface area (Å²) in [4.78, 5) is 32.1. The van der Waals surface area contributed by atoms with E-state index in [0.717, 1.165) is 5.56 Å². The van der Waals surface area contributed by atoms with Crippen LogP contribution in [0.15, 0.2) is 18.7 Å². The van der Waals surface area contributed by atoms with Gasteiger partial charge in [0, 0.05) is 56.8 Å². The highest BCUT2D eigenvalue weighted by Gasteiger charge is 2.42. The number of piperazine rings is 1. The standard InChI is InChI=1S/C31H41F4N7O2/c1-7-26(43)41-8-9-42(19(4)14-41)29-23-10-17(2)22(28-27(31(33,34)35)18(3)11-25(36-5)38-28)13-24(23)37-30(39-29)44-16-21-12-20(32)15-40(21)6/h7,11,17,19-22H,1,8-10,12-16H2,2-6H3,(H,36,38)/t17-,19+,20-,21+,22-/m1/s1. The average Bonchev–Trinajstić information content (AvgIpc) is 3.30. The zero-order chi connectivity index (χ0) is 31.9. The van der Waals surface area contributed by atoms with Crippen molar-refractivity contribution in [2.75, 3.05) is 57.1 Å². The van der Waals surface area contributed by atoms with E-state index < -0.39 is 23.8 Å². The molecule has 2 aromatic rings. The lowest BCUT2D eigenvalue weighted by molar-refractivity contribution is -0.139. The number of pyridine rings is 1. The van der Waals surface area contributed by atoms with Gasteiger partial charge >= 0.3 is 12.2 Å². The third-order valence-corrected chi connectivity index (χ3v) is 9.24. The molecule has 5 atom stereocenters. The molecule has 2 fully saturated rings. The fourth-order valence-corrected chi connectivity index (χ4v) is 6.86. The summed E-state index contributed by atoms with van der Waals surface area (Å²) >= 11 is 0. The summed E-state index contributed by atoms with van der Waals surface area (Å²) in [5.41, 5.74) is 0.909. The molecule has 2 aromatic heterocycles. The van der Waals surface area contributed by atoms with Crippen LogP contribution >= 0.6 is 0 Å². The van der Waals surface area contributed by atoms with Gasteiger partial charge in [0.1, 0.15) is 24.4 Å². The Morgan fingerprint density at radius 3 is 2.55 bits per heavy atom. The molecular formula is C31H41F4N7O2. The smallest absolute Gasteiger partial charge is 0.418 e. The number of amides is 1. The van der Waals surface area contributed by atoms with Gasteiger partial charge in [-0.05, 0) is 63.8 Å². The minimum absolute atomic E-state index is 0.00844. The van der Waals surface area contributed by atoms with Crippen molar-refractivity contribution in [3.63, 3.8) is 0 Å². The van der Waals surface area contributed by atoms with Crippen LogP contribution in [0.3, 0.4) is 0 Å². The first-order valence-corrected chi connectivity index (χ1v) is 15.1. The maximum atomic E-state index is 14.4. The highest BCUT2D eigenvalue weighted by Crippen LogP contribution is 2.45. The summed E-state index contributed by atoms with van der Waals surface area (Å²) in [5.74, 6) is 0.170. The Hall–Kier alpha value is -3.48. The Morgan fingerprint density at radius 2 is 1.93 bits per heavy atom. The Morgan fingerprint density at radius 1 is 1.18 bits per heavy atom. The summed E-state index contributed by atoms with van der Waals surface area (Å²) in [7, 11) is 3.48. The molecule has 3 aliphatic rings. The van der Waals surface area contributed by atoms with E-state index in [1.807, 2.05) is 25.8 Å². The molecule has 0 radical (unpaired) electrons. The molecule has 13 heteroatoms. The quantitative estimate of drug-likeness (QED) is 0.361. The molecule has 0 unspecified atom stereocenters. The maximum Gasteiger partial charge on any atom is 0.418 e. The number of anilines is 2. The molecule has 240 valence electrons. The molecule has 9 nitrogen and oxygen atoms in total. The minimum atomic E-state index is -4.57. The van der Waals surface area contributed by atoms with Gasteiger partial charge in [-0.15, -0.1) is 0 Å². The first-order chi connectivity index (χ1) is 20.8. The van der Waals surface area contributed by atoms with Crippen molar-refractivity contribution in [2.45, 2.75) is 70.4 Å². The molecule has 5 rings (SSSR count). The number of likely N-dealkylation sites (N-methyl/N-ethyl adjacent to an activating group) is 1. The topological polar surface area (TPSA) is 86.7 Å². The van der Waals surface area contributed by atoms with Crippen molar-refractivity contribution in [2.24, 2.45) is 5.92 Å². The van der Waals surface area contributed by atoms with Crippen molar-refractivity contribution in [3.05, 3.63) is 46.8 Å².